The number of nitrogens with one attached hydrogen (secondary N) is 1. The molecule has 0 saturated carbocycles. The molecule has 2 heterocycles. The summed E-state index contributed by atoms with van der Waals surface area (Å²) in [6, 6.07) is 12.3. The molecule has 0 aliphatic heterocycles. The zero-order valence-electron chi connectivity index (χ0n) is 12.1. The van der Waals surface area contributed by atoms with E-state index < -0.39 is 0 Å². The summed E-state index contributed by atoms with van der Waals surface area (Å²) in [7, 11) is 0. The van der Waals surface area contributed by atoms with E-state index in [1.165, 1.54) is 20.5 Å². The van der Waals surface area contributed by atoms with E-state index in [0.717, 1.165) is 18.8 Å². The normalized spacial score (nSPS) is 11.3. The smallest absolute Gasteiger partial charge is 0.129 e. The lowest BCUT2D eigenvalue weighted by molar-refractivity contribution is 0.0934. The molecule has 110 valence electrons. The molecule has 0 unspecified atom stereocenters. The first-order valence-electron chi connectivity index (χ1n) is 7.18. The first-order valence-corrected chi connectivity index (χ1v) is 8.00. The highest BCUT2D eigenvalue weighted by Gasteiger charge is 2.11. The second-order valence-corrected chi connectivity index (χ2v) is 5.99. The van der Waals surface area contributed by atoms with E-state index in [9.17, 15) is 0 Å². The van der Waals surface area contributed by atoms with Crippen LogP contribution in [0.4, 0.5) is 0 Å². The van der Waals surface area contributed by atoms with Crippen molar-refractivity contribution in [3.8, 4) is 0 Å². The van der Waals surface area contributed by atoms with Crippen LogP contribution in [0.5, 0.6) is 0 Å². The fourth-order valence-electron chi connectivity index (χ4n) is 2.34. The van der Waals surface area contributed by atoms with E-state index in [4.69, 9.17) is 9.15 Å². The maximum Gasteiger partial charge on any atom is 0.129 e. The van der Waals surface area contributed by atoms with Crippen molar-refractivity contribution >= 4 is 21.4 Å². The summed E-state index contributed by atoms with van der Waals surface area (Å²) in [6.07, 6.45) is 1.68. The average Bonchev–Trinajstić information content (AvgIpc) is 3.13. The van der Waals surface area contributed by atoms with Crippen LogP contribution in [0.1, 0.15) is 23.1 Å². The summed E-state index contributed by atoms with van der Waals surface area (Å²) in [5.74, 6) is 0.864. The third kappa shape index (κ3) is 3.35. The molecule has 0 fully saturated rings. The van der Waals surface area contributed by atoms with E-state index in [1.54, 1.807) is 6.26 Å². The van der Waals surface area contributed by atoms with Crippen molar-refractivity contribution in [2.75, 3.05) is 6.54 Å². The predicted octanol–water partition coefficient (Wildman–Crippen LogP) is 4.32. The Kier molecular flexibility index (Phi) is 4.70. The molecule has 1 N–H and O–H groups in total. The minimum absolute atomic E-state index is 0.512. The van der Waals surface area contributed by atoms with Gasteiger partial charge in [0.05, 0.1) is 12.9 Å². The number of hydrogen-bond donors (Lipinski definition) is 1. The van der Waals surface area contributed by atoms with Crippen molar-refractivity contribution in [1.82, 2.24) is 5.32 Å². The quantitative estimate of drug-likeness (QED) is 0.705. The summed E-state index contributed by atoms with van der Waals surface area (Å²) in [6.45, 7) is 5.12. The molecule has 4 heteroatoms. The highest BCUT2D eigenvalue weighted by molar-refractivity contribution is 7.19. The van der Waals surface area contributed by atoms with Gasteiger partial charge in [0.15, 0.2) is 0 Å². The Bertz CT molecular complexity index is 688. The van der Waals surface area contributed by atoms with E-state index >= 15 is 0 Å². The summed E-state index contributed by atoms with van der Waals surface area (Å²) in [4.78, 5) is 1.36. The van der Waals surface area contributed by atoms with Crippen LogP contribution < -0.4 is 5.32 Å². The number of rotatable bonds is 7. The Morgan fingerprint density at radius 1 is 1.14 bits per heavy atom. The summed E-state index contributed by atoms with van der Waals surface area (Å²) < 4.78 is 12.5. The minimum atomic E-state index is 0.512. The van der Waals surface area contributed by atoms with Crippen LogP contribution in [0.15, 0.2) is 47.1 Å². The molecule has 0 aliphatic carbocycles. The van der Waals surface area contributed by atoms with E-state index in [-0.39, 0.29) is 0 Å². The lowest BCUT2D eigenvalue weighted by atomic mass is 10.1. The Hall–Kier alpha value is -1.62. The van der Waals surface area contributed by atoms with E-state index in [0.29, 0.717) is 13.2 Å². The highest BCUT2D eigenvalue weighted by Crippen LogP contribution is 2.32. The van der Waals surface area contributed by atoms with Gasteiger partial charge in [-0.25, -0.2) is 0 Å². The Labute approximate surface area is 128 Å². The van der Waals surface area contributed by atoms with Crippen LogP contribution in [-0.2, 0) is 24.5 Å². The van der Waals surface area contributed by atoms with Gasteiger partial charge in [0.25, 0.3) is 0 Å². The van der Waals surface area contributed by atoms with Gasteiger partial charge in [-0.3, -0.25) is 0 Å². The third-order valence-corrected chi connectivity index (χ3v) is 4.60. The first-order chi connectivity index (χ1) is 10.4. The minimum Gasteiger partial charge on any atom is -0.467 e. The van der Waals surface area contributed by atoms with Gasteiger partial charge in [0, 0.05) is 21.7 Å². The topological polar surface area (TPSA) is 34.4 Å². The largest absolute Gasteiger partial charge is 0.467 e. The molecule has 0 radical (unpaired) electrons. The van der Waals surface area contributed by atoms with Gasteiger partial charge in [0.1, 0.15) is 12.4 Å². The number of furan rings is 1. The molecule has 0 bridgehead atoms. The van der Waals surface area contributed by atoms with Crippen LogP contribution in [0, 0.1) is 0 Å². The lowest BCUT2D eigenvalue weighted by Gasteiger charge is -2.06. The Balaban J connectivity index is 1.77. The molecule has 2 aromatic heterocycles. The molecule has 1 aromatic carbocycles. The third-order valence-electron chi connectivity index (χ3n) is 3.39. The number of hydrogen-bond acceptors (Lipinski definition) is 4. The number of thiophene rings is 1. The van der Waals surface area contributed by atoms with Gasteiger partial charge in [-0.1, -0.05) is 25.1 Å². The standard InChI is InChI=1S/C17H19NO2S/c1-2-18-10-17-15(12-19-11-13-6-5-9-20-13)14-7-3-4-8-16(14)21-17/h3-9,18H,2,10-12H2,1H3. The zero-order chi connectivity index (χ0) is 14.5. The molecule has 3 nitrogen and oxygen atoms in total. The van der Waals surface area contributed by atoms with Gasteiger partial charge < -0.3 is 14.5 Å². The molecule has 0 spiro atoms. The fourth-order valence-corrected chi connectivity index (χ4v) is 3.52. The van der Waals surface area contributed by atoms with Gasteiger partial charge >= 0.3 is 0 Å². The highest BCUT2D eigenvalue weighted by atomic mass is 32.1. The maximum atomic E-state index is 5.84. The molecule has 21 heavy (non-hydrogen) atoms. The molecule has 3 rings (SSSR count). The monoisotopic (exact) mass is 301 g/mol. The SMILES string of the molecule is CCNCc1sc2ccccc2c1COCc1ccco1. The van der Waals surface area contributed by atoms with Crippen molar-refractivity contribution in [3.63, 3.8) is 0 Å². The van der Waals surface area contributed by atoms with Crippen molar-refractivity contribution in [2.24, 2.45) is 0 Å². The van der Waals surface area contributed by atoms with Crippen LogP contribution in [0.25, 0.3) is 10.1 Å². The zero-order valence-corrected chi connectivity index (χ0v) is 12.9. The molecule has 0 atom stereocenters. The van der Waals surface area contributed by atoms with Crippen molar-refractivity contribution < 1.29 is 9.15 Å². The summed E-state index contributed by atoms with van der Waals surface area (Å²) in [5.41, 5.74) is 1.29. The van der Waals surface area contributed by atoms with Gasteiger partial charge in [0.2, 0.25) is 0 Å². The molecule has 0 amide bonds. The van der Waals surface area contributed by atoms with Crippen molar-refractivity contribution in [2.45, 2.75) is 26.7 Å². The number of ether oxygens (including phenoxy) is 1. The van der Waals surface area contributed by atoms with Crippen molar-refractivity contribution in [3.05, 3.63) is 58.9 Å². The van der Waals surface area contributed by atoms with Crippen LogP contribution in [-0.4, -0.2) is 6.54 Å². The van der Waals surface area contributed by atoms with Crippen LogP contribution >= 0.6 is 11.3 Å². The fraction of sp³-hybridized carbons (Fsp3) is 0.294. The average molecular weight is 301 g/mol. The number of fused-ring (bicyclic) bond motifs is 1. The van der Waals surface area contributed by atoms with Crippen LogP contribution in [0.3, 0.4) is 0 Å². The van der Waals surface area contributed by atoms with Crippen molar-refractivity contribution in [1.29, 1.82) is 0 Å². The molecular formula is C17H19NO2S. The second-order valence-electron chi connectivity index (χ2n) is 4.85. The summed E-state index contributed by atoms with van der Waals surface area (Å²) in [5, 5.41) is 4.71. The number of benzene rings is 1. The molecular weight excluding hydrogens is 282 g/mol. The Morgan fingerprint density at radius 3 is 2.86 bits per heavy atom. The molecule has 0 saturated heterocycles. The van der Waals surface area contributed by atoms with E-state index in [2.05, 4.69) is 36.5 Å². The van der Waals surface area contributed by atoms with Gasteiger partial charge in [-0.05, 0) is 30.1 Å². The summed E-state index contributed by atoms with van der Waals surface area (Å²) >= 11 is 1.85. The predicted molar refractivity (Wildman–Crippen MR) is 86.4 cm³/mol. The Morgan fingerprint density at radius 2 is 2.05 bits per heavy atom. The second kappa shape index (κ2) is 6.89. The maximum absolute atomic E-state index is 5.84. The lowest BCUT2D eigenvalue weighted by Crippen LogP contribution is -2.12. The first kappa shape index (κ1) is 14.3. The molecule has 3 aromatic rings. The van der Waals surface area contributed by atoms with Gasteiger partial charge in [-0.2, -0.15) is 0 Å². The van der Waals surface area contributed by atoms with Gasteiger partial charge in [-0.15, -0.1) is 11.3 Å². The molecule has 0 aliphatic rings. The van der Waals surface area contributed by atoms with E-state index in [1.807, 2.05) is 23.5 Å². The van der Waals surface area contributed by atoms with Crippen LogP contribution in [0.2, 0.25) is 0 Å².